The summed E-state index contributed by atoms with van der Waals surface area (Å²) < 4.78 is 34.0. The molecule has 5 heterocycles. The number of benzene rings is 1. The molecule has 2 aliphatic rings. The van der Waals surface area contributed by atoms with Gasteiger partial charge in [-0.15, -0.1) is 24.8 Å². The summed E-state index contributed by atoms with van der Waals surface area (Å²) in [4.78, 5) is 9.49. The van der Waals surface area contributed by atoms with Crippen LogP contribution in [0.1, 0.15) is 19.3 Å². The number of alkyl halides is 1. The summed E-state index contributed by atoms with van der Waals surface area (Å²) in [6.45, 7) is 2.54. The standard InChI is InChI=1S/C26H27FN4O3.2ClH/c27-20-15-28-10-6-23(20)34-24-3-1-2-17-4-5-21(30-26(17)24)22-16-29-25-14-19(7-11-31(22)25)33-18-8-12-32-13-9-18;;/h1-5,7,11,14,16,18,20,23,28H,6,8-10,12-13,15H2;2*1H. The molecule has 36 heavy (non-hydrogen) atoms. The van der Waals surface area contributed by atoms with Crippen LogP contribution in [0.2, 0.25) is 0 Å². The van der Waals surface area contributed by atoms with Crippen LogP contribution >= 0.6 is 24.8 Å². The van der Waals surface area contributed by atoms with Crippen LogP contribution in [0, 0.1) is 0 Å². The Morgan fingerprint density at radius 3 is 2.72 bits per heavy atom. The molecule has 0 amide bonds. The van der Waals surface area contributed by atoms with Crippen LogP contribution in [-0.4, -0.2) is 59.1 Å². The lowest BCUT2D eigenvalue weighted by molar-refractivity contribution is 0.0256. The van der Waals surface area contributed by atoms with E-state index >= 15 is 0 Å². The van der Waals surface area contributed by atoms with Gasteiger partial charge in [-0.05, 0) is 31.2 Å². The summed E-state index contributed by atoms with van der Waals surface area (Å²) >= 11 is 0. The Kier molecular flexibility index (Phi) is 8.51. The molecule has 2 saturated heterocycles. The first kappa shape index (κ1) is 26.4. The number of nitrogens with zero attached hydrogens (tertiary/aromatic N) is 3. The van der Waals surface area contributed by atoms with Gasteiger partial charge in [-0.1, -0.05) is 18.2 Å². The number of pyridine rings is 2. The number of nitrogens with one attached hydrogen (secondary N) is 1. The fraction of sp³-hybridized carbons (Fsp3) is 0.385. The second-order valence-corrected chi connectivity index (χ2v) is 8.85. The smallest absolute Gasteiger partial charge is 0.149 e. The van der Waals surface area contributed by atoms with Crippen molar-refractivity contribution in [1.82, 2.24) is 19.7 Å². The number of imidazole rings is 1. The second kappa shape index (κ2) is 11.6. The van der Waals surface area contributed by atoms with Gasteiger partial charge >= 0.3 is 0 Å². The van der Waals surface area contributed by atoms with Crippen molar-refractivity contribution in [2.75, 3.05) is 26.3 Å². The van der Waals surface area contributed by atoms with Gasteiger partial charge in [-0.3, -0.25) is 4.40 Å². The van der Waals surface area contributed by atoms with E-state index in [1.54, 1.807) is 0 Å². The maximum atomic E-state index is 14.4. The molecule has 4 aromatic rings. The van der Waals surface area contributed by atoms with E-state index in [9.17, 15) is 4.39 Å². The predicted molar refractivity (Wildman–Crippen MR) is 142 cm³/mol. The minimum absolute atomic E-state index is 0. The van der Waals surface area contributed by atoms with Crippen molar-refractivity contribution in [3.05, 3.63) is 54.9 Å². The molecule has 0 spiro atoms. The third kappa shape index (κ3) is 5.37. The lowest BCUT2D eigenvalue weighted by atomic mass is 10.1. The van der Waals surface area contributed by atoms with Gasteiger partial charge in [0.05, 0.1) is 30.8 Å². The van der Waals surface area contributed by atoms with Crippen molar-refractivity contribution in [2.45, 2.75) is 37.6 Å². The first-order valence-corrected chi connectivity index (χ1v) is 11.9. The lowest BCUT2D eigenvalue weighted by Crippen LogP contribution is -2.44. The van der Waals surface area contributed by atoms with E-state index < -0.39 is 12.3 Å². The molecule has 1 N–H and O–H groups in total. The van der Waals surface area contributed by atoms with E-state index in [0.29, 0.717) is 18.7 Å². The van der Waals surface area contributed by atoms with Crippen molar-refractivity contribution < 1.29 is 18.6 Å². The summed E-state index contributed by atoms with van der Waals surface area (Å²) in [6.07, 6.45) is 4.87. The SMILES string of the molecule is Cl.Cl.FC1CNCCC1Oc1cccc2ccc(-c3cnc4cc(OC5CCOCC5)ccn34)nc12. The van der Waals surface area contributed by atoms with Crippen molar-refractivity contribution in [1.29, 1.82) is 0 Å². The van der Waals surface area contributed by atoms with E-state index in [2.05, 4.69) is 10.3 Å². The van der Waals surface area contributed by atoms with Gasteiger partial charge in [0.15, 0.2) is 0 Å². The van der Waals surface area contributed by atoms with E-state index in [0.717, 1.165) is 66.3 Å². The van der Waals surface area contributed by atoms with Crippen LogP contribution in [0.4, 0.5) is 4.39 Å². The monoisotopic (exact) mass is 534 g/mol. The summed E-state index contributed by atoms with van der Waals surface area (Å²) in [5, 5.41) is 4.01. The largest absolute Gasteiger partial charge is 0.490 e. The van der Waals surface area contributed by atoms with Gasteiger partial charge in [0.2, 0.25) is 0 Å². The molecule has 1 aromatic carbocycles. The van der Waals surface area contributed by atoms with Gasteiger partial charge in [0, 0.05) is 37.0 Å². The summed E-state index contributed by atoms with van der Waals surface area (Å²) in [5.74, 6) is 1.41. The number of hydrogen-bond acceptors (Lipinski definition) is 6. The third-order valence-electron chi connectivity index (χ3n) is 6.53. The van der Waals surface area contributed by atoms with Gasteiger partial charge in [-0.25, -0.2) is 14.4 Å². The van der Waals surface area contributed by atoms with Crippen molar-refractivity contribution in [2.24, 2.45) is 0 Å². The highest BCUT2D eigenvalue weighted by Gasteiger charge is 2.27. The highest BCUT2D eigenvalue weighted by molar-refractivity contribution is 5.86. The minimum atomic E-state index is -1.04. The Balaban J connectivity index is 0.00000152. The summed E-state index contributed by atoms with van der Waals surface area (Å²) in [6, 6.07) is 13.7. The number of hydrogen-bond donors (Lipinski definition) is 1. The molecule has 0 radical (unpaired) electrons. The highest BCUT2D eigenvalue weighted by atomic mass is 35.5. The fourth-order valence-corrected chi connectivity index (χ4v) is 4.66. The Morgan fingerprint density at radius 1 is 1.03 bits per heavy atom. The second-order valence-electron chi connectivity index (χ2n) is 8.85. The van der Waals surface area contributed by atoms with Crippen molar-refractivity contribution >= 4 is 41.4 Å². The molecule has 2 fully saturated rings. The average Bonchev–Trinajstić information content (AvgIpc) is 3.29. The molecule has 3 aromatic heterocycles. The first-order chi connectivity index (χ1) is 16.7. The van der Waals surface area contributed by atoms with Crippen molar-refractivity contribution in [3.8, 4) is 22.9 Å². The van der Waals surface area contributed by atoms with Crippen molar-refractivity contribution in [3.63, 3.8) is 0 Å². The Morgan fingerprint density at radius 2 is 1.89 bits per heavy atom. The van der Waals surface area contributed by atoms with E-state index in [-0.39, 0.29) is 30.9 Å². The Hall–Kier alpha value is -2.65. The molecule has 0 aliphatic carbocycles. The highest BCUT2D eigenvalue weighted by Crippen LogP contribution is 2.30. The Labute approximate surface area is 221 Å². The molecule has 0 bridgehead atoms. The maximum absolute atomic E-state index is 14.4. The predicted octanol–water partition coefficient (Wildman–Crippen LogP) is 5.03. The fourth-order valence-electron chi connectivity index (χ4n) is 4.66. The van der Waals surface area contributed by atoms with E-state index in [1.165, 1.54) is 0 Å². The first-order valence-electron chi connectivity index (χ1n) is 11.9. The number of aromatic nitrogens is 3. The molecular formula is C26H29Cl2FN4O3. The number of piperidine rings is 1. The van der Waals surface area contributed by atoms with Gasteiger partial charge in [0.1, 0.15) is 41.0 Å². The number of fused-ring (bicyclic) bond motifs is 2. The maximum Gasteiger partial charge on any atom is 0.149 e. The molecule has 7 nitrogen and oxygen atoms in total. The van der Waals surface area contributed by atoms with Crippen LogP contribution < -0.4 is 14.8 Å². The zero-order valence-electron chi connectivity index (χ0n) is 19.6. The number of halogens is 3. The Bertz CT molecular complexity index is 1320. The number of para-hydroxylation sites is 1. The minimum Gasteiger partial charge on any atom is -0.490 e. The zero-order valence-corrected chi connectivity index (χ0v) is 21.3. The molecule has 10 heteroatoms. The topological polar surface area (TPSA) is 69.9 Å². The van der Waals surface area contributed by atoms with Crippen LogP contribution in [0.15, 0.2) is 54.9 Å². The third-order valence-corrected chi connectivity index (χ3v) is 6.53. The van der Waals surface area contributed by atoms with E-state index in [1.807, 2.05) is 59.3 Å². The molecule has 6 rings (SSSR count). The molecule has 2 aliphatic heterocycles. The van der Waals surface area contributed by atoms with Gasteiger partial charge in [0.25, 0.3) is 0 Å². The van der Waals surface area contributed by atoms with Crippen LogP contribution in [-0.2, 0) is 4.74 Å². The van der Waals surface area contributed by atoms with Crippen LogP contribution in [0.3, 0.4) is 0 Å². The van der Waals surface area contributed by atoms with Gasteiger partial charge < -0.3 is 19.5 Å². The average molecular weight is 535 g/mol. The van der Waals surface area contributed by atoms with E-state index in [4.69, 9.17) is 19.2 Å². The molecule has 192 valence electrons. The number of ether oxygens (including phenoxy) is 3. The number of rotatable bonds is 5. The normalized spacial score (nSPS) is 20.5. The van der Waals surface area contributed by atoms with Gasteiger partial charge in [-0.2, -0.15) is 0 Å². The molecule has 0 saturated carbocycles. The molecular weight excluding hydrogens is 506 g/mol. The summed E-state index contributed by atoms with van der Waals surface area (Å²) in [7, 11) is 0. The quantitative estimate of drug-likeness (QED) is 0.387. The zero-order chi connectivity index (χ0) is 22.9. The molecule has 2 atom stereocenters. The summed E-state index contributed by atoms with van der Waals surface area (Å²) in [5.41, 5.74) is 3.16. The van der Waals surface area contributed by atoms with Crippen LogP contribution in [0.5, 0.6) is 11.5 Å². The lowest BCUT2D eigenvalue weighted by Gasteiger charge is -2.27. The molecule has 2 unspecified atom stereocenters. The van der Waals surface area contributed by atoms with Crippen LogP contribution in [0.25, 0.3) is 27.9 Å².